The number of carbonyl (C=O) groups excluding carboxylic acids is 1. The normalized spacial score (nSPS) is 13.7. The van der Waals surface area contributed by atoms with Crippen molar-refractivity contribution in [2.24, 2.45) is 5.92 Å². The van der Waals surface area contributed by atoms with Gasteiger partial charge in [0.2, 0.25) is 11.1 Å². The van der Waals surface area contributed by atoms with E-state index in [1.165, 1.54) is 11.8 Å². The summed E-state index contributed by atoms with van der Waals surface area (Å²) in [5, 5.41) is 26.0. The van der Waals surface area contributed by atoms with Crippen molar-refractivity contribution >= 4 is 34.8 Å². The van der Waals surface area contributed by atoms with Crippen LogP contribution in [-0.2, 0) is 4.79 Å². The predicted molar refractivity (Wildman–Crippen MR) is 96.2 cm³/mol. The van der Waals surface area contributed by atoms with E-state index in [4.69, 9.17) is 5.26 Å². The number of pyridine rings is 1. The number of amides is 1. The molecule has 4 aromatic heterocycles. The van der Waals surface area contributed by atoms with Gasteiger partial charge in [-0.1, -0.05) is 0 Å². The number of rotatable bonds is 4. The topological polar surface area (TPSA) is 113 Å². The first-order valence-electron chi connectivity index (χ1n) is 8.30. The van der Waals surface area contributed by atoms with Gasteiger partial charge in [0, 0.05) is 12.1 Å². The number of nitrogens with one attached hydrogen (secondary N) is 1. The number of nitrogens with zero attached hydrogens (tertiary/aromatic N) is 7. The van der Waals surface area contributed by atoms with Gasteiger partial charge < -0.3 is 5.32 Å². The summed E-state index contributed by atoms with van der Waals surface area (Å²) in [7, 11) is 0. The average molecular weight is 376 g/mol. The Morgan fingerprint density at radius 1 is 1.19 bits per heavy atom. The molecule has 0 radical (unpaired) electrons. The molecule has 0 saturated heterocycles. The summed E-state index contributed by atoms with van der Waals surface area (Å²) in [5.41, 5.74) is 1.83. The minimum absolute atomic E-state index is 0.0104. The van der Waals surface area contributed by atoms with E-state index >= 15 is 0 Å². The van der Waals surface area contributed by atoms with Gasteiger partial charge in [0.15, 0.2) is 17.1 Å². The molecule has 27 heavy (non-hydrogen) atoms. The molecule has 9 nitrogen and oxygen atoms in total. The van der Waals surface area contributed by atoms with Gasteiger partial charge in [-0.25, -0.2) is 9.50 Å². The Morgan fingerprint density at radius 2 is 2.04 bits per heavy atom. The summed E-state index contributed by atoms with van der Waals surface area (Å²) in [5.74, 6) is 0.623. The van der Waals surface area contributed by atoms with Gasteiger partial charge in [0.25, 0.3) is 0 Å². The number of aromatic nitrogens is 6. The highest BCUT2D eigenvalue weighted by atomic mass is 32.2. The third-order valence-electron chi connectivity index (χ3n) is 4.19. The first kappa shape index (κ1) is 15.8. The van der Waals surface area contributed by atoms with Crippen LogP contribution in [0.2, 0.25) is 0 Å². The van der Waals surface area contributed by atoms with Crippen LogP contribution in [0.5, 0.6) is 0 Å². The van der Waals surface area contributed by atoms with E-state index in [9.17, 15) is 4.79 Å². The standard InChI is InChI=1S/C17H12N8OS/c18-7-10-1-4-14-21-22-17(24(14)8-10)27-15-6-5-13-19-12(9-25(13)23-15)20-16(26)11-2-3-11/h1,4-6,8-9,11H,2-3H2,(H,20,26). The van der Waals surface area contributed by atoms with Crippen molar-refractivity contribution in [2.75, 3.05) is 5.32 Å². The Hall–Kier alpha value is -3.45. The number of nitriles is 1. The number of hydrogen-bond acceptors (Lipinski definition) is 7. The Bertz CT molecular complexity index is 1230. The van der Waals surface area contributed by atoms with E-state index in [0.717, 1.165) is 12.8 Å². The molecule has 0 aliphatic heterocycles. The third kappa shape index (κ3) is 2.98. The fourth-order valence-corrected chi connectivity index (χ4v) is 3.43. The molecule has 1 amide bonds. The van der Waals surface area contributed by atoms with Crippen molar-refractivity contribution < 1.29 is 4.79 Å². The van der Waals surface area contributed by atoms with Crippen LogP contribution in [0, 0.1) is 17.2 Å². The fraction of sp³-hybridized carbons (Fsp3) is 0.176. The maximum absolute atomic E-state index is 11.9. The molecule has 4 heterocycles. The summed E-state index contributed by atoms with van der Waals surface area (Å²) in [6.07, 6.45) is 5.27. The van der Waals surface area contributed by atoms with Crippen LogP contribution in [0.15, 0.2) is 46.8 Å². The lowest BCUT2D eigenvalue weighted by Gasteiger charge is -2.00. The Labute approximate surface area is 157 Å². The van der Waals surface area contributed by atoms with Gasteiger partial charge in [-0.15, -0.1) is 10.2 Å². The zero-order valence-electron chi connectivity index (χ0n) is 13.9. The largest absolute Gasteiger partial charge is 0.309 e. The minimum atomic E-state index is 0.0104. The Kier molecular flexibility index (Phi) is 3.54. The molecular formula is C17H12N8OS. The van der Waals surface area contributed by atoms with E-state index in [1.54, 1.807) is 33.4 Å². The average Bonchev–Trinajstić information content (AvgIpc) is 3.35. The van der Waals surface area contributed by atoms with Gasteiger partial charge in [-0.2, -0.15) is 10.4 Å². The van der Waals surface area contributed by atoms with Crippen molar-refractivity contribution in [3.8, 4) is 6.07 Å². The molecule has 0 unspecified atom stereocenters. The molecule has 0 aromatic carbocycles. The van der Waals surface area contributed by atoms with Crippen molar-refractivity contribution in [3.05, 3.63) is 42.2 Å². The lowest BCUT2D eigenvalue weighted by molar-refractivity contribution is -0.117. The SMILES string of the molecule is N#Cc1ccc2nnc(Sc3ccc4nc(NC(=O)C5CC5)cn4n3)n2c1. The highest BCUT2D eigenvalue weighted by Crippen LogP contribution is 2.30. The summed E-state index contributed by atoms with van der Waals surface area (Å²) in [6.45, 7) is 0. The number of anilines is 1. The molecule has 0 bridgehead atoms. The van der Waals surface area contributed by atoms with Crippen LogP contribution in [-0.4, -0.2) is 35.1 Å². The third-order valence-corrected chi connectivity index (χ3v) is 5.08. The molecule has 1 saturated carbocycles. The second kappa shape index (κ2) is 6.07. The van der Waals surface area contributed by atoms with E-state index in [0.29, 0.717) is 32.9 Å². The highest BCUT2D eigenvalue weighted by molar-refractivity contribution is 7.99. The van der Waals surface area contributed by atoms with Gasteiger partial charge in [0.1, 0.15) is 11.1 Å². The van der Waals surface area contributed by atoms with Crippen LogP contribution in [0.1, 0.15) is 18.4 Å². The zero-order valence-corrected chi connectivity index (χ0v) is 14.7. The Morgan fingerprint density at radius 3 is 2.85 bits per heavy atom. The lowest BCUT2D eigenvalue weighted by atomic mass is 10.3. The molecule has 4 aromatic rings. The van der Waals surface area contributed by atoms with Gasteiger partial charge in [-0.3, -0.25) is 9.20 Å². The first-order chi connectivity index (χ1) is 13.2. The van der Waals surface area contributed by atoms with Gasteiger partial charge in [-0.05, 0) is 48.9 Å². The van der Waals surface area contributed by atoms with Crippen molar-refractivity contribution in [1.82, 2.24) is 29.2 Å². The first-order valence-corrected chi connectivity index (χ1v) is 9.11. The van der Waals surface area contributed by atoms with Crippen LogP contribution >= 0.6 is 11.8 Å². The molecular weight excluding hydrogens is 364 g/mol. The molecule has 0 spiro atoms. The van der Waals surface area contributed by atoms with Crippen molar-refractivity contribution in [2.45, 2.75) is 23.0 Å². The molecule has 1 aliphatic carbocycles. The quantitative estimate of drug-likeness (QED) is 0.580. The molecule has 132 valence electrons. The maximum Gasteiger partial charge on any atom is 0.228 e. The lowest BCUT2D eigenvalue weighted by Crippen LogP contribution is -2.13. The van der Waals surface area contributed by atoms with E-state index in [2.05, 4.69) is 31.7 Å². The van der Waals surface area contributed by atoms with Crippen molar-refractivity contribution in [3.63, 3.8) is 0 Å². The smallest absolute Gasteiger partial charge is 0.228 e. The summed E-state index contributed by atoms with van der Waals surface area (Å²) in [6, 6.07) is 9.21. The number of carbonyl (C=O) groups is 1. The summed E-state index contributed by atoms with van der Waals surface area (Å²) in [4.78, 5) is 16.2. The molecule has 1 N–H and O–H groups in total. The highest BCUT2D eigenvalue weighted by Gasteiger charge is 2.30. The molecule has 1 aliphatic rings. The van der Waals surface area contributed by atoms with E-state index in [1.807, 2.05) is 12.1 Å². The summed E-state index contributed by atoms with van der Waals surface area (Å²) < 4.78 is 3.37. The van der Waals surface area contributed by atoms with Crippen LogP contribution in [0.3, 0.4) is 0 Å². The predicted octanol–water partition coefficient (Wildman–Crippen LogP) is 2.14. The molecule has 5 rings (SSSR count). The second-order valence-corrected chi connectivity index (χ2v) is 7.19. The van der Waals surface area contributed by atoms with Crippen LogP contribution < -0.4 is 5.32 Å². The number of imidazole rings is 1. The molecule has 0 atom stereocenters. The van der Waals surface area contributed by atoms with Crippen molar-refractivity contribution in [1.29, 1.82) is 5.26 Å². The molecule has 10 heteroatoms. The van der Waals surface area contributed by atoms with Crippen LogP contribution in [0.4, 0.5) is 5.82 Å². The van der Waals surface area contributed by atoms with E-state index < -0.39 is 0 Å². The monoisotopic (exact) mass is 376 g/mol. The van der Waals surface area contributed by atoms with E-state index in [-0.39, 0.29) is 11.8 Å². The van der Waals surface area contributed by atoms with Crippen LogP contribution in [0.25, 0.3) is 11.3 Å². The maximum atomic E-state index is 11.9. The number of hydrogen-bond donors (Lipinski definition) is 1. The fourth-order valence-electron chi connectivity index (χ4n) is 2.65. The molecule has 1 fully saturated rings. The summed E-state index contributed by atoms with van der Waals surface area (Å²) >= 11 is 1.33. The van der Waals surface area contributed by atoms with Gasteiger partial charge in [0.05, 0.1) is 11.8 Å². The van der Waals surface area contributed by atoms with Gasteiger partial charge >= 0.3 is 0 Å². The zero-order chi connectivity index (χ0) is 18.4. The number of fused-ring (bicyclic) bond motifs is 2. The minimum Gasteiger partial charge on any atom is -0.309 e. The Balaban J connectivity index is 1.43. The second-order valence-electron chi connectivity index (χ2n) is 6.21.